The van der Waals surface area contributed by atoms with Crippen molar-refractivity contribution in [3.63, 3.8) is 0 Å². The number of aliphatic hydroxyl groups excluding tert-OH is 1. The maximum atomic E-state index is 13.1. The second-order valence-electron chi connectivity index (χ2n) is 8.07. The van der Waals surface area contributed by atoms with Crippen LogP contribution >= 0.6 is 11.6 Å². The molecule has 1 aliphatic rings. The average Bonchev–Trinajstić information content (AvgIpc) is 3.45. The fourth-order valence-electron chi connectivity index (χ4n) is 4.06. The summed E-state index contributed by atoms with van der Waals surface area (Å²) < 4.78 is 7.69. The summed E-state index contributed by atoms with van der Waals surface area (Å²) in [5.41, 5.74) is 1.18. The maximum absolute atomic E-state index is 13.1. The van der Waals surface area contributed by atoms with Crippen LogP contribution in [-0.4, -0.2) is 44.4 Å². The number of likely N-dealkylation sites (tertiary alicyclic amines) is 1. The lowest BCUT2D eigenvalue weighted by Crippen LogP contribution is -2.31. The van der Waals surface area contributed by atoms with Crippen LogP contribution in [0, 0.1) is 0 Å². The first-order valence-electron chi connectivity index (χ1n) is 11.2. The molecule has 1 aromatic heterocycles. The van der Waals surface area contributed by atoms with Crippen LogP contribution in [0.3, 0.4) is 0 Å². The topological polar surface area (TPSA) is 84.7 Å². The molecule has 0 spiro atoms. The van der Waals surface area contributed by atoms with E-state index in [1.165, 1.54) is 4.90 Å². The molecule has 1 aliphatic heterocycles. The van der Waals surface area contributed by atoms with Crippen LogP contribution in [0.5, 0.6) is 5.75 Å². The first kappa shape index (κ1) is 23.6. The molecule has 0 saturated carbocycles. The van der Waals surface area contributed by atoms with Crippen molar-refractivity contribution in [1.29, 1.82) is 0 Å². The quantitative estimate of drug-likeness (QED) is 0.270. The number of halogens is 1. The van der Waals surface area contributed by atoms with Crippen LogP contribution in [0.2, 0.25) is 5.02 Å². The van der Waals surface area contributed by atoms with E-state index in [2.05, 4.69) is 4.98 Å². The van der Waals surface area contributed by atoms with Crippen molar-refractivity contribution in [3.8, 4) is 5.75 Å². The van der Waals surface area contributed by atoms with Gasteiger partial charge in [0.1, 0.15) is 11.5 Å². The predicted octanol–water partition coefficient (Wildman–Crippen LogP) is 4.84. The summed E-state index contributed by atoms with van der Waals surface area (Å²) in [5.74, 6) is -0.919. The molecule has 2 aromatic carbocycles. The predicted molar refractivity (Wildman–Crippen MR) is 130 cm³/mol. The second-order valence-corrected chi connectivity index (χ2v) is 8.51. The van der Waals surface area contributed by atoms with Gasteiger partial charge in [-0.3, -0.25) is 9.59 Å². The van der Waals surface area contributed by atoms with Gasteiger partial charge in [-0.15, -0.1) is 0 Å². The molecule has 1 amide bonds. The van der Waals surface area contributed by atoms with Gasteiger partial charge in [-0.1, -0.05) is 30.7 Å². The Labute approximate surface area is 203 Å². The van der Waals surface area contributed by atoms with Gasteiger partial charge in [0, 0.05) is 36.1 Å². The highest BCUT2D eigenvalue weighted by Gasteiger charge is 2.45. The summed E-state index contributed by atoms with van der Waals surface area (Å²) in [6.07, 6.45) is 6.72. The lowest BCUT2D eigenvalue weighted by Gasteiger charge is -2.25. The summed E-state index contributed by atoms with van der Waals surface area (Å²) in [4.78, 5) is 31.8. The van der Waals surface area contributed by atoms with Crippen molar-refractivity contribution in [2.24, 2.45) is 0 Å². The molecule has 4 rings (SSSR count). The van der Waals surface area contributed by atoms with E-state index in [0.29, 0.717) is 48.0 Å². The number of Topliss-reactive ketones (excluding diaryl/α,β-unsaturated/α-hetero) is 1. The summed E-state index contributed by atoms with van der Waals surface area (Å²) in [5, 5.41) is 11.6. The van der Waals surface area contributed by atoms with Gasteiger partial charge in [-0.2, -0.15) is 0 Å². The molecule has 0 aliphatic carbocycles. The van der Waals surface area contributed by atoms with E-state index in [9.17, 15) is 14.7 Å². The van der Waals surface area contributed by atoms with Gasteiger partial charge in [0.25, 0.3) is 11.7 Å². The van der Waals surface area contributed by atoms with Gasteiger partial charge in [-0.05, 0) is 54.8 Å². The van der Waals surface area contributed by atoms with Crippen molar-refractivity contribution in [2.75, 3.05) is 13.2 Å². The van der Waals surface area contributed by atoms with E-state index < -0.39 is 17.7 Å². The Morgan fingerprint density at radius 1 is 1.15 bits per heavy atom. The minimum Gasteiger partial charge on any atom is -0.507 e. The number of rotatable bonds is 9. The van der Waals surface area contributed by atoms with Crippen LogP contribution in [-0.2, 0) is 16.1 Å². The number of aryl methyl sites for hydroxylation is 1. The summed E-state index contributed by atoms with van der Waals surface area (Å²) in [6.45, 7) is 3.56. The Kier molecular flexibility index (Phi) is 7.33. The van der Waals surface area contributed by atoms with E-state index in [4.69, 9.17) is 16.3 Å². The molecule has 1 N–H and O–H groups in total. The Bertz CT molecular complexity index is 1190. The maximum Gasteiger partial charge on any atom is 0.295 e. The highest BCUT2D eigenvalue weighted by atomic mass is 35.5. The number of aliphatic hydroxyl groups is 1. The Morgan fingerprint density at radius 2 is 1.94 bits per heavy atom. The van der Waals surface area contributed by atoms with E-state index in [-0.39, 0.29) is 11.3 Å². The number of ketones is 1. The van der Waals surface area contributed by atoms with E-state index in [1.807, 2.05) is 42.0 Å². The molecule has 176 valence electrons. The molecule has 1 saturated heterocycles. The van der Waals surface area contributed by atoms with Crippen LogP contribution < -0.4 is 4.74 Å². The fourth-order valence-corrected chi connectivity index (χ4v) is 4.18. The number of hydrogen-bond acceptors (Lipinski definition) is 5. The standard InChI is InChI=1S/C26H26ClN3O4/c1-2-15-34-21-6-3-5-19(16-21)23-22(24(31)18-7-9-20(27)10-8-18)25(32)26(33)30(23)13-4-12-29-14-11-28-17-29/h3,5-11,14,16-17,23,31H,2,4,12-13,15H2,1H3/b24-22+. The number of aromatic nitrogens is 2. The summed E-state index contributed by atoms with van der Waals surface area (Å²) in [7, 11) is 0. The number of benzene rings is 2. The molecule has 7 nitrogen and oxygen atoms in total. The Hall–Kier alpha value is -3.58. The number of carbonyl (C=O) groups is 2. The Balaban J connectivity index is 1.73. The molecule has 0 radical (unpaired) electrons. The van der Waals surface area contributed by atoms with Crippen molar-refractivity contribution < 1.29 is 19.4 Å². The van der Waals surface area contributed by atoms with Crippen LogP contribution in [0.25, 0.3) is 5.76 Å². The number of imidazole rings is 1. The smallest absolute Gasteiger partial charge is 0.295 e. The lowest BCUT2D eigenvalue weighted by atomic mass is 9.95. The normalized spacial score (nSPS) is 17.4. The fraction of sp³-hybridized carbons (Fsp3) is 0.269. The number of amides is 1. The van der Waals surface area contributed by atoms with Crippen molar-refractivity contribution in [1.82, 2.24) is 14.5 Å². The number of carbonyl (C=O) groups excluding carboxylic acids is 2. The summed E-state index contributed by atoms with van der Waals surface area (Å²) >= 11 is 5.99. The third-order valence-electron chi connectivity index (χ3n) is 5.68. The zero-order valence-electron chi connectivity index (χ0n) is 18.9. The molecule has 3 aromatic rings. The monoisotopic (exact) mass is 479 g/mol. The lowest BCUT2D eigenvalue weighted by molar-refractivity contribution is -0.139. The first-order chi connectivity index (χ1) is 16.5. The van der Waals surface area contributed by atoms with Crippen molar-refractivity contribution >= 4 is 29.1 Å². The molecular formula is C26H26ClN3O4. The highest BCUT2D eigenvalue weighted by molar-refractivity contribution is 6.46. The van der Waals surface area contributed by atoms with Crippen LogP contribution in [0.1, 0.15) is 36.9 Å². The van der Waals surface area contributed by atoms with Gasteiger partial charge in [0.05, 0.1) is 24.5 Å². The zero-order valence-corrected chi connectivity index (χ0v) is 19.6. The first-order valence-corrected chi connectivity index (χ1v) is 11.6. The SMILES string of the molecule is CCCOc1cccc(C2/C(=C(\O)c3ccc(Cl)cc3)C(=O)C(=O)N2CCCn2ccnc2)c1. The Morgan fingerprint density at radius 3 is 2.65 bits per heavy atom. The average molecular weight is 480 g/mol. The van der Waals surface area contributed by atoms with Gasteiger partial charge in [-0.25, -0.2) is 4.98 Å². The van der Waals surface area contributed by atoms with Gasteiger partial charge in [0.15, 0.2) is 0 Å². The number of ether oxygens (including phenoxy) is 1. The van der Waals surface area contributed by atoms with E-state index >= 15 is 0 Å². The minimum absolute atomic E-state index is 0.0580. The summed E-state index contributed by atoms with van der Waals surface area (Å²) in [6, 6.07) is 13.1. The van der Waals surface area contributed by atoms with Crippen LogP contribution in [0.15, 0.2) is 72.8 Å². The molecule has 0 bridgehead atoms. The zero-order chi connectivity index (χ0) is 24.1. The number of hydrogen-bond donors (Lipinski definition) is 1. The minimum atomic E-state index is -0.733. The molecule has 1 atom stereocenters. The largest absolute Gasteiger partial charge is 0.507 e. The molecule has 1 fully saturated rings. The van der Waals surface area contributed by atoms with Gasteiger partial charge in [0.2, 0.25) is 0 Å². The molecule has 34 heavy (non-hydrogen) atoms. The van der Waals surface area contributed by atoms with E-state index in [0.717, 1.165) is 6.42 Å². The number of nitrogens with zero attached hydrogens (tertiary/aromatic N) is 3. The van der Waals surface area contributed by atoms with Gasteiger partial charge >= 0.3 is 0 Å². The second kappa shape index (κ2) is 10.6. The molecule has 1 unspecified atom stereocenters. The molecular weight excluding hydrogens is 454 g/mol. The van der Waals surface area contributed by atoms with Crippen molar-refractivity contribution in [3.05, 3.63) is 89.0 Å². The molecule has 8 heteroatoms. The van der Waals surface area contributed by atoms with Crippen LogP contribution in [0.4, 0.5) is 0 Å². The third kappa shape index (κ3) is 4.99. The third-order valence-corrected chi connectivity index (χ3v) is 5.93. The van der Waals surface area contributed by atoms with E-state index in [1.54, 1.807) is 36.8 Å². The molecule has 2 heterocycles. The highest BCUT2D eigenvalue weighted by Crippen LogP contribution is 2.40. The van der Waals surface area contributed by atoms with Crippen molar-refractivity contribution in [2.45, 2.75) is 32.4 Å². The van der Waals surface area contributed by atoms with Gasteiger partial charge < -0.3 is 19.3 Å².